The van der Waals surface area contributed by atoms with Crippen LogP contribution in [-0.4, -0.2) is 48.9 Å². The summed E-state index contributed by atoms with van der Waals surface area (Å²) in [4.78, 5) is 27.0. The Morgan fingerprint density at radius 1 is 1.16 bits per heavy atom. The first-order chi connectivity index (χ1) is 15.4. The predicted octanol–water partition coefficient (Wildman–Crippen LogP) is 4.60. The number of methoxy groups -OCH3 is 3. The Labute approximate surface area is 200 Å². The Balaban J connectivity index is 1.70. The number of benzene rings is 2. The van der Waals surface area contributed by atoms with Gasteiger partial charge in [-0.25, -0.2) is 0 Å². The zero-order valence-corrected chi connectivity index (χ0v) is 20.0. The second-order valence-electron chi connectivity index (χ2n) is 6.60. The fraction of sp³-hybridized carbons (Fsp3) is 0.227. The molecule has 1 fully saturated rings. The summed E-state index contributed by atoms with van der Waals surface area (Å²) >= 11 is 12.5. The monoisotopic (exact) mass is 492 g/mol. The summed E-state index contributed by atoms with van der Waals surface area (Å²) in [7, 11) is 4.57. The van der Waals surface area contributed by atoms with Gasteiger partial charge in [-0.2, -0.15) is 0 Å². The lowest BCUT2D eigenvalue weighted by Gasteiger charge is -2.14. The van der Waals surface area contributed by atoms with Crippen molar-refractivity contribution in [1.82, 2.24) is 4.90 Å². The minimum atomic E-state index is -0.260. The minimum absolute atomic E-state index is 0.0937. The number of halogens is 1. The van der Waals surface area contributed by atoms with Crippen LogP contribution < -0.4 is 19.5 Å². The number of rotatable bonds is 8. The molecule has 0 bridgehead atoms. The number of thioether (sulfide) groups is 1. The quantitative estimate of drug-likeness (QED) is 0.426. The van der Waals surface area contributed by atoms with Crippen LogP contribution in [0.5, 0.6) is 17.2 Å². The number of thiocarbonyl (C=S) groups is 1. The fourth-order valence-corrected chi connectivity index (χ4v) is 4.53. The molecule has 2 aromatic rings. The highest BCUT2D eigenvalue weighted by Gasteiger charge is 2.32. The summed E-state index contributed by atoms with van der Waals surface area (Å²) in [5, 5.41) is 3.28. The van der Waals surface area contributed by atoms with E-state index in [0.717, 1.165) is 0 Å². The molecule has 7 nitrogen and oxygen atoms in total. The summed E-state index contributed by atoms with van der Waals surface area (Å²) in [6.07, 6.45) is 1.80. The molecule has 3 rings (SSSR count). The smallest absolute Gasteiger partial charge is 0.266 e. The minimum Gasteiger partial charge on any atom is -0.493 e. The Kier molecular flexibility index (Phi) is 8.00. The first-order valence-electron chi connectivity index (χ1n) is 9.47. The molecule has 1 aliphatic heterocycles. The van der Waals surface area contributed by atoms with Crippen molar-refractivity contribution in [2.75, 3.05) is 33.2 Å². The second kappa shape index (κ2) is 10.7. The number of hydrogen-bond donors (Lipinski definition) is 1. The highest BCUT2D eigenvalue weighted by atomic mass is 35.5. The van der Waals surface area contributed by atoms with E-state index in [2.05, 4.69) is 5.32 Å². The summed E-state index contributed by atoms with van der Waals surface area (Å²) in [6.45, 7) is 0.170. The van der Waals surface area contributed by atoms with Crippen molar-refractivity contribution >= 4 is 63.5 Å². The Morgan fingerprint density at radius 3 is 2.44 bits per heavy atom. The van der Waals surface area contributed by atoms with Gasteiger partial charge in [0, 0.05) is 23.7 Å². The number of nitrogens with one attached hydrogen (secondary N) is 1. The zero-order valence-electron chi connectivity index (χ0n) is 17.6. The third-order valence-electron chi connectivity index (χ3n) is 4.53. The molecule has 1 heterocycles. The second-order valence-corrected chi connectivity index (χ2v) is 8.71. The lowest BCUT2D eigenvalue weighted by atomic mass is 10.1. The standard InChI is InChI=1S/C22H21ClN2O5S2/c1-28-16-9-13(10-17(29-2)20(16)30-3)11-18-21(27)25(22(31)32-18)8-7-19(26)24-15-6-4-5-14(23)12-15/h4-6,9-12H,7-8H2,1-3H3,(H,24,26)/b18-11-. The van der Waals surface area contributed by atoms with E-state index in [0.29, 0.717) is 42.7 Å². The third-order valence-corrected chi connectivity index (χ3v) is 6.14. The molecule has 0 unspecified atom stereocenters. The molecule has 1 aliphatic rings. The maximum Gasteiger partial charge on any atom is 0.266 e. The topological polar surface area (TPSA) is 77.1 Å². The SMILES string of the molecule is COc1cc(/C=C2\SC(=S)N(CCC(=O)Nc3cccc(Cl)c3)C2=O)cc(OC)c1OC. The average molecular weight is 493 g/mol. The molecule has 0 aliphatic carbocycles. The fourth-order valence-electron chi connectivity index (χ4n) is 3.03. The molecule has 168 valence electrons. The highest BCUT2D eigenvalue weighted by molar-refractivity contribution is 8.26. The van der Waals surface area contributed by atoms with Gasteiger partial charge in [-0.3, -0.25) is 14.5 Å². The molecule has 0 radical (unpaired) electrons. The van der Waals surface area contributed by atoms with Gasteiger partial charge in [-0.05, 0) is 42.0 Å². The molecule has 0 spiro atoms. The Morgan fingerprint density at radius 2 is 1.84 bits per heavy atom. The number of anilines is 1. The van der Waals surface area contributed by atoms with Gasteiger partial charge in [0.1, 0.15) is 4.32 Å². The number of nitrogens with zero attached hydrogens (tertiary/aromatic N) is 1. The van der Waals surface area contributed by atoms with Crippen molar-refractivity contribution in [1.29, 1.82) is 0 Å². The van der Waals surface area contributed by atoms with E-state index in [4.69, 9.17) is 38.0 Å². The lowest BCUT2D eigenvalue weighted by Crippen LogP contribution is -2.31. The molecule has 0 saturated carbocycles. The molecule has 2 amide bonds. The van der Waals surface area contributed by atoms with Gasteiger partial charge in [0.25, 0.3) is 5.91 Å². The average Bonchev–Trinajstić information content (AvgIpc) is 3.03. The number of ether oxygens (including phenoxy) is 3. The Bertz CT molecular complexity index is 1060. The maximum atomic E-state index is 12.9. The van der Waals surface area contributed by atoms with Crippen LogP contribution in [0.3, 0.4) is 0 Å². The molecule has 0 atom stereocenters. The number of amides is 2. The number of hydrogen-bond acceptors (Lipinski definition) is 7. The van der Waals surface area contributed by atoms with Crippen LogP contribution in [0.15, 0.2) is 41.3 Å². The van der Waals surface area contributed by atoms with Crippen LogP contribution in [0, 0.1) is 0 Å². The summed E-state index contributed by atoms with van der Waals surface area (Å²) < 4.78 is 16.4. The van der Waals surface area contributed by atoms with Crippen molar-refractivity contribution in [3.63, 3.8) is 0 Å². The van der Waals surface area contributed by atoms with E-state index in [1.54, 1.807) is 42.5 Å². The van der Waals surface area contributed by atoms with E-state index in [1.807, 2.05) is 0 Å². The van der Waals surface area contributed by atoms with Crippen molar-refractivity contribution in [3.05, 3.63) is 51.9 Å². The van der Waals surface area contributed by atoms with Crippen molar-refractivity contribution < 1.29 is 23.8 Å². The normalized spacial score (nSPS) is 14.6. The van der Waals surface area contributed by atoms with Crippen molar-refractivity contribution in [2.45, 2.75) is 6.42 Å². The number of carbonyl (C=O) groups excluding carboxylic acids is 2. The first kappa shape index (κ1) is 23.9. The van der Waals surface area contributed by atoms with Gasteiger partial charge in [0.2, 0.25) is 11.7 Å². The van der Waals surface area contributed by atoms with Gasteiger partial charge < -0.3 is 19.5 Å². The highest BCUT2D eigenvalue weighted by Crippen LogP contribution is 2.40. The number of carbonyl (C=O) groups is 2. The van der Waals surface area contributed by atoms with Gasteiger partial charge >= 0.3 is 0 Å². The van der Waals surface area contributed by atoms with Gasteiger partial charge in [-0.1, -0.05) is 41.6 Å². The molecule has 1 saturated heterocycles. The molecular formula is C22H21ClN2O5S2. The lowest BCUT2D eigenvalue weighted by molar-refractivity contribution is -0.122. The summed E-state index contributed by atoms with van der Waals surface area (Å²) in [5.74, 6) is 0.919. The van der Waals surface area contributed by atoms with E-state index < -0.39 is 0 Å². The van der Waals surface area contributed by atoms with Crippen LogP contribution in [0.2, 0.25) is 5.02 Å². The van der Waals surface area contributed by atoms with Gasteiger partial charge in [0.15, 0.2) is 11.5 Å². The van der Waals surface area contributed by atoms with Crippen LogP contribution in [0.25, 0.3) is 6.08 Å². The van der Waals surface area contributed by atoms with Crippen molar-refractivity contribution in [3.8, 4) is 17.2 Å². The van der Waals surface area contributed by atoms with Crippen LogP contribution >= 0.6 is 35.6 Å². The molecule has 0 aromatic heterocycles. The van der Waals surface area contributed by atoms with Gasteiger partial charge in [-0.15, -0.1) is 0 Å². The van der Waals surface area contributed by atoms with Crippen LogP contribution in [0.1, 0.15) is 12.0 Å². The van der Waals surface area contributed by atoms with Crippen LogP contribution in [-0.2, 0) is 9.59 Å². The molecule has 32 heavy (non-hydrogen) atoms. The van der Waals surface area contributed by atoms with E-state index in [9.17, 15) is 9.59 Å². The summed E-state index contributed by atoms with van der Waals surface area (Å²) in [6, 6.07) is 10.3. The molecule has 1 N–H and O–H groups in total. The molecular weight excluding hydrogens is 472 g/mol. The van der Waals surface area contributed by atoms with E-state index in [-0.39, 0.29) is 24.8 Å². The zero-order chi connectivity index (χ0) is 23.3. The van der Waals surface area contributed by atoms with Crippen molar-refractivity contribution in [2.24, 2.45) is 0 Å². The molecule has 2 aromatic carbocycles. The third kappa shape index (κ3) is 5.53. The van der Waals surface area contributed by atoms with Crippen LogP contribution in [0.4, 0.5) is 5.69 Å². The van der Waals surface area contributed by atoms with E-state index in [1.165, 1.54) is 38.0 Å². The maximum absolute atomic E-state index is 12.9. The van der Waals surface area contributed by atoms with E-state index >= 15 is 0 Å². The molecule has 10 heteroatoms. The largest absolute Gasteiger partial charge is 0.493 e. The predicted molar refractivity (Wildman–Crippen MR) is 131 cm³/mol. The first-order valence-corrected chi connectivity index (χ1v) is 11.1. The Hall–Kier alpha value is -2.75. The summed E-state index contributed by atoms with van der Waals surface area (Å²) in [5.41, 5.74) is 1.29. The van der Waals surface area contributed by atoms with Gasteiger partial charge in [0.05, 0.1) is 26.2 Å².